The van der Waals surface area contributed by atoms with Crippen molar-refractivity contribution in [3.63, 3.8) is 0 Å². The molecule has 3 aromatic heterocycles. The average Bonchev–Trinajstić information content (AvgIpc) is 3.41. The number of pyridine rings is 1. The minimum Gasteiger partial charge on any atom is -0.352 e. The van der Waals surface area contributed by atoms with Crippen LogP contribution in [0.5, 0.6) is 0 Å². The first-order valence-corrected chi connectivity index (χ1v) is 12.9. The SMILES string of the molecule is Cc1nn(C(C)(C)C)c2nc(C(C)C)cc(C(=O)N3CC(n4cc(CNC(N)=O)nn4)CCC3(C)C)c12. The molecule has 3 N–H and O–H groups in total. The molecule has 0 spiro atoms. The van der Waals surface area contributed by atoms with Crippen LogP contribution >= 0.6 is 0 Å². The molecule has 3 amide bonds. The highest BCUT2D eigenvalue weighted by Crippen LogP contribution is 2.36. The highest BCUT2D eigenvalue weighted by molar-refractivity contribution is 6.07. The van der Waals surface area contributed by atoms with Gasteiger partial charge >= 0.3 is 6.03 Å². The Morgan fingerprint density at radius 1 is 1.27 bits per heavy atom. The highest BCUT2D eigenvalue weighted by atomic mass is 16.2. The smallest absolute Gasteiger partial charge is 0.312 e. The summed E-state index contributed by atoms with van der Waals surface area (Å²) in [5.41, 5.74) is 8.22. The molecule has 4 rings (SSSR count). The summed E-state index contributed by atoms with van der Waals surface area (Å²) >= 11 is 0. The number of primary amides is 1. The number of hydrogen-bond acceptors (Lipinski definition) is 6. The van der Waals surface area contributed by atoms with Crippen molar-refractivity contribution in [2.45, 2.75) is 97.8 Å². The molecule has 0 aliphatic carbocycles. The third kappa shape index (κ3) is 5.17. The van der Waals surface area contributed by atoms with Gasteiger partial charge in [-0.2, -0.15) is 5.10 Å². The minimum absolute atomic E-state index is 0.0312. The molecule has 1 unspecified atom stereocenters. The van der Waals surface area contributed by atoms with E-state index in [1.807, 2.05) is 22.6 Å². The molecule has 1 aliphatic heterocycles. The number of carbonyl (C=O) groups is 2. The lowest BCUT2D eigenvalue weighted by Gasteiger charge is -2.45. The van der Waals surface area contributed by atoms with Crippen molar-refractivity contribution in [3.05, 3.63) is 34.9 Å². The summed E-state index contributed by atoms with van der Waals surface area (Å²) in [5.74, 6) is 0.126. The maximum atomic E-state index is 14.3. The maximum Gasteiger partial charge on any atom is 0.312 e. The predicted molar refractivity (Wildman–Crippen MR) is 141 cm³/mol. The van der Waals surface area contributed by atoms with Crippen LogP contribution in [0.4, 0.5) is 4.79 Å². The summed E-state index contributed by atoms with van der Waals surface area (Å²) in [5, 5.41) is 16.6. The van der Waals surface area contributed by atoms with E-state index in [1.54, 1.807) is 10.9 Å². The summed E-state index contributed by atoms with van der Waals surface area (Å²) < 4.78 is 3.72. The van der Waals surface area contributed by atoms with Crippen LogP contribution in [0.3, 0.4) is 0 Å². The standard InChI is InChI=1S/C26H39N9O2/c1-15(2)20-11-19(21-16(3)31-35(22(21)29-20)25(4,5)6)23(36)33-14-18(9-10-26(33,7)8)34-13-17(30-32-34)12-28-24(27)37/h11,13,15,18H,9-10,12,14H2,1-8H3,(H3,27,28,37). The number of nitrogens with zero attached hydrogens (tertiary/aromatic N) is 7. The molecular weight excluding hydrogens is 470 g/mol. The van der Waals surface area contributed by atoms with Gasteiger partial charge in [0.15, 0.2) is 5.65 Å². The zero-order valence-corrected chi connectivity index (χ0v) is 23.2. The number of urea groups is 1. The van der Waals surface area contributed by atoms with Gasteiger partial charge in [-0.1, -0.05) is 19.1 Å². The van der Waals surface area contributed by atoms with Gasteiger partial charge in [-0.3, -0.25) is 4.79 Å². The van der Waals surface area contributed by atoms with E-state index in [2.05, 4.69) is 64.1 Å². The molecule has 1 saturated heterocycles. The van der Waals surface area contributed by atoms with Gasteiger partial charge in [-0.15, -0.1) is 5.10 Å². The monoisotopic (exact) mass is 509 g/mol. The number of likely N-dealkylation sites (tertiary alicyclic amines) is 1. The summed E-state index contributed by atoms with van der Waals surface area (Å²) in [7, 11) is 0. The number of piperidine rings is 1. The Bertz CT molecular complexity index is 1330. The van der Waals surface area contributed by atoms with E-state index in [1.165, 1.54) is 0 Å². The van der Waals surface area contributed by atoms with Crippen molar-refractivity contribution in [1.29, 1.82) is 0 Å². The van der Waals surface area contributed by atoms with E-state index < -0.39 is 6.03 Å². The van der Waals surface area contributed by atoms with Crippen molar-refractivity contribution < 1.29 is 9.59 Å². The van der Waals surface area contributed by atoms with E-state index in [4.69, 9.17) is 15.8 Å². The molecule has 11 heteroatoms. The number of aromatic nitrogens is 6. The van der Waals surface area contributed by atoms with Gasteiger partial charge < -0.3 is 16.0 Å². The van der Waals surface area contributed by atoms with Crippen LogP contribution < -0.4 is 11.1 Å². The zero-order valence-electron chi connectivity index (χ0n) is 23.2. The number of rotatable bonds is 5. The number of nitrogens with one attached hydrogen (secondary N) is 1. The molecule has 0 aromatic carbocycles. The van der Waals surface area contributed by atoms with Crippen LogP contribution in [0.1, 0.15) is 101 Å². The second kappa shape index (κ2) is 9.42. The Morgan fingerprint density at radius 3 is 2.59 bits per heavy atom. The number of fused-ring (bicyclic) bond motifs is 1. The van der Waals surface area contributed by atoms with E-state index in [0.29, 0.717) is 17.8 Å². The molecule has 1 aliphatic rings. The number of carbonyl (C=O) groups excluding carboxylic acids is 2. The first kappa shape index (κ1) is 26.6. The second-order valence-corrected chi connectivity index (χ2v) is 11.9. The van der Waals surface area contributed by atoms with Crippen molar-refractivity contribution >= 4 is 23.0 Å². The molecular formula is C26H39N9O2. The Morgan fingerprint density at radius 2 is 1.97 bits per heavy atom. The summed E-state index contributed by atoms with van der Waals surface area (Å²) in [6, 6.07) is 1.30. The van der Waals surface area contributed by atoms with Gasteiger partial charge in [0.2, 0.25) is 0 Å². The van der Waals surface area contributed by atoms with Crippen LogP contribution in [0.25, 0.3) is 11.0 Å². The van der Waals surface area contributed by atoms with E-state index in [0.717, 1.165) is 35.3 Å². The van der Waals surface area contributed by atoms with Gasteiger partial charge in [0.25, 0.3) is 5.91 Å². The second-order valence-electron chi connectivity index (χ2n) is 11.9. The van der Waals surface area contributed by atoms with Gasteiger partial charge in [0, 0.05) is 17.8 Å². The Hall–Kier alpha value is -3.50. The van der Waals surface area contributed by atoms with E-state index >= 15 is 0 Å². The number of aryl methyl sites for hydroxylation is 1. The van der Waals surface area contributed by atoms with E-state index in [9.17, 15) is 9.59 Å². The predicted octanol–water partition coefficient (Wildman–Crippen LogP) is 3.63. The van der Waals surface area contributed by atoms with Gasteiger partial charge in [-0.05, 0) is 66.4 Å². The van der Waals surface area contributed by atoms with Gasteiger partial charge in [0.1, 0.15) is 5.69 Å². The van der Waals surface area contributed by atoms with Crippen molar-refractivity contribution in [2.24, 2.45) is 5.73 Å². The normalized spacial score (nSPS) is 18.0. The summed E-state index contributed by atoms with van der Waals surface area (Å²) in [6.45, 7) is 17.3. The third-order valence-electron chi connectivity index (χ3n) is 7.12. The maximum absolute atomic E-state index is 14.3. The first-order valence-electron chi connectivity index (χ1n) is 12.9. The Kier molecular flexibility index (Phi) is 6.76. The lowest BCUT2D eigenvalue weighted by atomic mass is 9.87. The minimum atomic E-state index is -0.611. The molecule has 200 valence electrons. The number of hydrogen-bond donors (Lipinski definition) is 2. The largest absolute Gasteiger partial charge is 0.352 e. The van der Waals surface area contributed by atoms with Gasteiger partial charge in [-0.25, -0.2) is 19.1 Å². The fourth-order valence-corrected chi connectivity index (χ4v) is 4.91. The first-order chi connectivity index (χ1) is 17.2. The number of nitrogens with two attached hydrogens (primary N) is 1. The Labute approximate surface area is 217 Å². The quantitative estimate of drug-likeness (QED) is 0.539. The molecule has 4 heterocycles. The van der Waals surface area contributed by atoms with Crippen LogP contribution in [-0.2, 0) is 12.1 Å². The molecule has 37 heavy (non-hydrogen) atoms. The van der Waals surface area contributed by atoms with Crippen molar-refractivity contribution in [3.8, 4) is 0 Å². The molecule has 0 saturated carbocycles. The topological polar surface area (TPSA) is 137 Å². The molecule has 11 nitrogen and oxygen atoms in total. The third-order valence-corrected chi connectivity index (χ3v) is 7.12. The average molecular weight is 510 g/mol. The molecule has 1 fully saturated rings. The van der Waals surface area contributed by atoms with Crippen molar-refractivity contribution in [1.82, 2.24) is 40.0 Å². The number of amides is 3. The summed E-state index contributed by atoms with van der Waals surface area (Å²) in [4.78, 5) is 32.3. The van der Waals surface area contributed by atoms with Gasteiger partial charge in [0.05, 0.1) is 41.0 Å². The molecule has 1 atom stereocenters. The van der Waals surface area contributed by atoms with Crippen LogP contribution in [0.2, 0.25) is 0 Å². The lowest BCUT2D eigenvalue weighted by Crippen LogP contribution is -2.53. The summed E-state index contributed by atoms with van der Waals surface area (Å²) in [6.07, 6.45) is 3.47. The fraction of sp³-hybridized carbons (Fsp3) is 0.615. The lowest BCUT2D eigenvalue weighted by molar-refractivity contribution is 0.0310. The van der Waals surface area contributed by atoms with Crippen LogP contribution in [0.15, 0.2) is 12.3 Å². The van der Waals surface area contributed by atoms with Crippen molar-refractivity contribution in [2.75, 3.05) is 6.54 Å². The zero-order chi connectivity index (χ0) is 27.3. The fourth-order valence-electron chi connectivity index (χ4n) is 4.91. The van der Waals surface area contributed by atoms with E-state index in [-0.39, 0.29) is 35.5 Å². The molecule has 0 bridgehead atoms. The molecule has 0 radical (unpaired) electrons. The highest BCUT2D eigenvalue weighted by Gasteiger charge is 2.40. The van der Waals surface area contributed by atoms with Crippen LogP contribution in [0, 0.1) is 6.92 Å². The van der Waals surface area contributed by atoms with Crippen LogP contribution in [-0.4, -0.2) is 58.7 Å². The Balaban J connectivity index is 1.73. The molecule has 3 aromatic rings.